The maximum atomic E-state index is 11.4. The first-order valence-corrected chi connectivity index (χ1v) is 5.92. The molecule has 1 amide bonds. The van der Waals surface area contributed by atoms with Crippen LogP contribution in [-0.4, -0.2) is 23.5 Å². The number of aliphatic carboxylic acids is 1. The zero-order chi connectivity index (χ0) is 13.4. The Kier molecular flexibility index (Phi) is 5.87. The van der Waals surface area contributed by atoms with E-state index in [1.54, 1.807) is 12.1 Å². The van der Waals surface area contributed by atoms with Gasteiger partial charge in [0.15, 0.2) is 0 Å². The van der Waals surface area contributed by atoms with Crippen molar-refractivity contribution >= 4 is 17.6 Å². The van der Waals surface area contributed by atoms with Crippen molar-refractivity contribution in [3.8, 4) is 0 Å². The van der Waals surface area contributed by atoms with E-state index in [0.29, 0.717) is 25.8 Å². The number of carbonyl (C=O) groups excluding carboxylic acids is 1. The molecule has 4 N–H and O–H groups in total. The largest absolute Gasteiger partial charge is 0.481 e. The van der Waals surface area contributed by atoms with Gasteiger partial charge in [0.25, 0.3) is 0 Å². The molecule has 0 unspecified atom stereocenters. The number of nitrogens with one attached hydrogen (secondary N) is 1. The molecule has 0 atom stereocenters. The Bertz CT molecular complexity index is 401. The van der Waals surface area contributed by atoms with Gasteiger partial charge in [-0.3, -0.25) is 9.59 Å². The summed E-state index contributed by atoms with van der Waals surface area (Å²) in [4.78, 5) is 21.8. The Hall–Kier alpha value is -1.88. The highest BCUT2D eigenvalue weighted by atomic mass is 16.4. The minimum atomic E-state index is -0.811. The summed E-state index contributed by atoms with van der Waals surface area (Å²) < 4.78 is 0. The summed E-state index contributed by atoms with van der Waals surface area (Å²) >= 11 is 0. The number of rotatable bonds is 7. The van der Waals surface area contributed by atoms with Crippen LogP contribution in [0.5, 0.6) is 0 Å². The molecule has 0 heterocycles. The summed E-state index contributed by atoms with van der Waals surface area (Å²) in [6.45, 7) is 0.502. The molecule has 0 aliphatic carbocycles. The number of carboxylic acid groups (broad SMARTS) is 1. The SMILES string of the molecule is NCCCC(=O)Nc1ccc(CCC(=O)O)cc1. The van der Waals surface area contributed by atoms with Crippen molar-refractivity contribution in [2.24, 2.45) is 5.73 Å². The minimum absolute atomic E-state index is 0.0567. The molecule has 1 aromatic rings. The van der Waals surface area contributed by atoms with Crippen molar-refractivity contribution < 1.29 is 14.7 Å². The topological polar surface area (TPSA) is 92.4 Å². The second kappa shape index (κ2) is 7.45. The van der Waals surface area contributed by atoms with Crippen molar-refractivity contribution in [2.75, 3.05) is 11.9 Å². The van der Waals surface area contributed by atoms with Crippen molar-refractivity contribution in [1.82, 2.24) is 0 Å². The molecule has 98 valence electrons. The molecular formula is C13H18N2O3. The van der Waals surface area contributed by atoms with Crippen LogP contribution in [0.3, 0.4) is 0 Å². The maximum absolute atomic E-state index is 11.4. The lowest BCUT2D eigenvalue weighted by atomic mass is 10.1. The number of hydrogen-bond donors (Lipinski definition) is 3. The van der Waals surface area contributed by atoms with Crippen molar-refractivity contribution in [2.45, 2.75) is 25.7 Å². The monoisotopic (exact) mass is 250 g/mol. The van der Waals surface area contributed by atoms with Gasteiger partial charge in [0.1, 0.15) is 0 Å². The van der Waals surface area contributed by atoms with Gasteiger partial charge in [-0.15, -0.1) is 0 Å². The molecule has 0 bridgehead atoms. The zero-order valence-electron chi connectivity index (χ0n) is 10.2. The van der Waals surface area contributed by atoms with Gasteiger partial charge in [-0.1, -0.05) is 12.1 Å². The maximum Gasteiger partial charge on any atom is 0.303 e. The van der Waals surface area contributed by atoms with Gasteiger partial charge in [0.2, 0.25) is 5.91 Å². The predicted octanol–water partition coefficient (Wildman–Crippen LogP) is 1.38. The van der Waals surface area contributed by atoms with E-state index in [2.05, 4.69) is 5.32 Å². The van der Waals surface area contributed by atoms with Crippen LogP contribution in [0.25, 0.3) is 0 Å². The van der Waals surface area contributed by atoms with Crippen LogP contribution in [0.2, 0.25) is 0 Å². The fourth-order valence-electron chi connectivity index (χ4n) is 1.49. The molecular weight excluding hydrogens is 232 g/mol. The van der Waals surface area contributed by atoms with E-state index >= 15 is 0 Å². The van der Waals surface area contributed by atoms with E-state index in [0.717, 1.165) is 11.3 Å². The first kappa shape index (κ1) is 14.2. The second-order valence-corrected chi connectivity index (χ2v) is 4.03. The Morgan fingerprint density at radius 3 is 2.39 bits per heavy atom. The van der Waals surface area contributed by atoms with Crippen LogP contribution < -0.4 is 11.1 Å². The summed E-state index contributed by atoms with van der Waals surface area (Å²) in [6, 6.07) is 7.19. The number of benzene rings is 1. The van der Waals surface area contributed by atoms with Crippen LogP contribution in [0.4, 0.5) is 5.69 Å². The van der Waals surface area contributed by atoms with E-state index in [1.807, 2.05) is 12.1 Å². The van der Waals surface area contributed by atoms with E-state index in [4.69, 9.17) is 10.8 Å². The smallest absolute Gasteiger partial charge is 0.303 e. The van der Waals surface area contributed by atoms with Crippen LogP contribution in [0, 0.1) is 0 Å². The number of hydrogen-bond acceptors (Lipinski definition) is 3. The van der Waals surface area contributed by atoms with E-state index < -0.39 is 5.97 Å². The average Bonchev–Trinajstić information content (AvgIpc) is 2.35. The van der Waals surface area contributed by atoms with Gasteiger partial charge in [-0.05, 0) is 37.1 Å². The van der Waals surface area contributed by atoms with Gasteiger partial charge >= 0.3 is 5.97 Å². The van der Waals surface area contributed by atoms with Gasteiger partial charge < -0.3 is 16.2 Å². The highest BCUT2D eigenvalue weighted by molar-refractivity contribution is 5.90. The molecule has 0 radical (unpaired) electrons. The molecule has 0 aliphatic heterocycles. The molecule has 0 aliphatic rings. The van der Waals surface area contributed by atoms with Gasteiger partial charge in [0.05, 0.1) is 0 Å². The fourth-order valence-corrected chi connectivity index (χ4v) is 1.49. The molecule has 0 aromatic heterocycles. The van der Waals surface area contributed by atoms with Crippen LogP contribution in [0.15, 0.2) is 24.3 Å². The van der Waals surface area contributed by atoms with E-state index in [9.17, 15) is 9.59 Å². The van der Waals surface area contributed by atoms with Gasteiger partial charge in [0, 0.05) is 18.5 Å². The standard InChI is InChI=1S/C13H18N2O3/c14-9-1-2-12(16)15-11-6-3-10(4-7-11)5-8-13(17)18/h3-4,6-7H,1-2,5,8-9,14H2,(H,15,16)(H,17,18). The Balaban J connectivity index is 2.44. The first-order valence-electron chi connectivity index (χ1n) is 5.92. The third kappa shape index (κ3) is 5.45. The quantitative estimate of drug-likeness (QED) is 0.681. The summed E-state index contributed by atoms with van der Waals surface area (Å²) in [5, 5.41) is 11.3. The number of nitrogens with two attached hydrogens (primary N) is 1. The number of anilines is 1. The molecule has 0 spiro atoms. The van der Waals surface area contributed by atoms with Crippen LogP contribution >= 0.6 is 0 Å². The Morgan fingerprint density at radius 2 is 1.83 bits per heavy atom. The second-order valence-electron chi connectivity index (χ2n) is 4.03. The predicted molar refractivity (Wildman–Crippen MR) is 69.3 cm³/mol. The van der Waals surface area contributed by atoms with Crippen LogP contribution in [-0.2, 0) is 16.0 Å². The summed E-state index contributed by atoms with van der Waals surface area (Å²) in [6.07, 6.45) is 1.69. The lowest BCUT2D eigenvalue weighted by Gasteiger charge is -2.05. The third-order valence-corrected chi connectivity index (χ3v) is 2.47. The van der Waals surface area contributed by atoms with E-state index in [1.165, 1.54) is 0 Å². The molecule has 1 aromatic carbocycles. The summed E-state index contributed by atoms with van der Waals surface area (Å²) in [7, 11) is 0. The minimum Gasteiger partial charge on any atom is -0.481 e. The number of carboxylic acids is 1. The molecule has 18 heavy (non-hydrogen) atoms. The molecule has 0 saturated carbocycles. The van der Waals surface area contributed by atoms with Gasteiger partial charge in [-0.2, -0.15) is 0 Å². The highest BCUT2D eigenvalue weighted by Crippen LogP contribution is 2.11. The lowest BCUT2D eigenvalue weighted by Crippen LogP contribution is -2.13. The molecule has 1 rings (SSSR count). The number of aryl methyl sites for hydroxylation is 1. The van der Waals surface area contributed by atoms with Crippen molar-refractivity contribution in [3.05, 3.63) is 29.8 Å². The molecule has 0 fully saturated rings. The third-order valence-electron chi connectivity index (χ3n) is 2.47. The van der Waals surface area contributed by atoms with Crippen molar-refractivity contribution in [3.63, 3.8) is 0 Å². The summed E-state index contributed by atoms with van der Waals surface area (Å²) in [5.74, 6) is -0.868. The fraction of sp³-hybridized carbons (Fsp3) is 0.385. The average molecular weight is 250 g/mol. The summed E-state index contributed by atoms with van der Waals surface area (Å²) in [5.41, 5.74) is 6.98. The molecule has 5 nitrogen and oxygen atoms in total. The van der Waals surface area contributed by atoms with Gasteiger partial charge in [-0.25, -0.2) is 0 Å². The highest BCUT2D eigenvalue weighted by Gasteiger charge is 2.02. The number of amides is 1. The first-order chi connectivity index (χ1) is 8.61. The van der Waals surface area contributed by atoms with Crippen LogP contribution in [0.1, 0.15) is 24.8 Å². The Labute approximate surface area is 106 Å². The van der Waals surface area contributed by atoms with E-state index in [-0.39, 0.29) is 12.3 Å². The molecule has 0 saturated heterocycles. The lowest BCUT2D eigenvalue weighted by molar-refractivity contribution is -0.137. The van der Waals surface area contributed by atoms with Crippen molar-refractivity contribution in [1.29, 1.82) is 0 Å². The number of carbonyl (C=O) groups is 2. The molecule has 5 heteroatoms. The Morgan fingerprint density at radius 1 is 1.17 bits per heavy atom. The zero-order valence-corrected chi connectivity index (χ0v) is 10.2. The normalized spacial score (nSPS) is 10.1.